The Kier molecular flexibility index (Phi) is 7.16. The summed E-state index contributed by atoms with van der Waals surface area (Å²) >= 11 is 0. The third kappa shape index (κ3) is 5.44. The van der Waals surface area contributed by atoms with E-state index in [2.05, 4.69) is 5.32 Å². The van der Waals surface area contributed by atoms with Gasteiger partial charge in [0.05, 0.1) is 7.11 Å². The summed E-state index contributed by atoms with van der Waals surface area (Å²) in [5, 5.41) is 2.53. The van der Waals surface area contributed by atoms with Crippen molar-refractivity contribution in [1.29, 1.82) is 0 Å². The first kappa shape index (κ1) is 20.2. The zero-order valence-corrected chi connectivity index (χ0v) is 15.6. The summed E-state index contributed by atoms with van der Waals surface area (Å²) in [6, 6.07) is 12.3. The van der Waals surface area contributed by atoms with Crippen molar-refractivity contribution < 1.29 is 23.5 Å². The summed E-state index contributed by atoms with van der Waals surface area (Å²) < 4.78 is 24.2. The molecule has 0 aromatic heterocycles. The quantitative estimate of drug-likeness (QED) is 0.770. The van der Waals surface area contributed by atoms with Crippen molar-refractivity contribution in [3.05, 3.63) is 59.9 Å². The second kappa shape index (κ2) is 9.56. The molecular formula is C20H23FN2O4. The Hall–Kier alpha value is -3.09. The van der Waals surface area contributed by atoms with Crippen molar-refractivity contribution in [3.8, 4) is 11.5 Å². The molecule has 2 aromatic carbocycles. The monoisotopic (exact) mass is 374 g/mol. The van der Waals surface area contributed by atoms with Gasteiger partial charge < -0.3 is 19.7 Å². The average molecular weight is 374 g/mol. The van der Waals surface area contributed by atoms with E-state index in [-0.39, 0.29) is 24.8 Å². The molecule has 0 aliphatic rings. The van der Waals surface area contributed by atoms with Crippen molar-refractivity contribution >= 4 is 11.8 Å². The summed E-state index contributed by atoms with van der Waals surface area (Å²) in [6.45, 7) is 1.43. The minimum absolute atomic E-state index is 0.0141. The van der Waals surface area contributed by atoms with Crippen LogP contribution in [0.4, 0.5) is 4.39 Å². The van der Waals surface area contributed by atoms with Gasteiger partial charge in [0.15, 0.2) is 18.2 Å². The van der Waals surface area contributed by atoms with E-state index in [1.165, 1.54) is 30.1 Å². The third-order valence-corrected chi connectivity index (χ3v) is 4.09. The Morgan fingerprint density at radius 2 is 1.93 bits per heavy atom. The van der Waals surface area contributed by atoms with E-state index in [4.69, 9.17) is 9.47 Å². The molecule has 0 saturated heterocycles. The molecule has 1 N–H and O–H groups in total. The maximum Gasteiger partial charge on any atom is 0.261 e. The van der Waals surface area contributed by atoms with Crippen LogP contribution in [0.1, 0.15) is 12.5 Å². The number of rotatable bonds is 8. The van der Waals surface area contributed by atoms with Crippen LogP contribution in [-0.2, 0) is 16.1 Å². The first-order valence-electron chi connectivity index (χ1n) is 8.47. The number of nitrogens with one attached hydrogen (secondary N) is 1. The number of methoxy groups -OCH3 is 1. The van der Waals surface area contributed by atoms with Crippen molar-refractivity contribution in [2.24, 2.45) is 0 Å². The predicted molar refractivity (Wildman–Crippen MR) is 99.0 cm³/mol. The van der Waals surface area contributed by atoms with E-state index in [9.17, 15) is 14.0 Å². The smallest absolute Gasteiger partial charge is 0.261 e. The van der Waals surface area contributed by atoms with E-state index < -0.39 is 17.8 Å². The fourth-order valence-corrected chi connectivity index (χ4v) is 2.54. The maximum absolute atomic E-state index is 13.7. The summed E-state index contributed by atoms with van der Waals surface area (Å²) in [4.78, 5) is 26.2. The van der Waals surface area contributed by atoms with Gasteiger partial charge >= 0.3 is 0 Å². The Bertz CT molecular complexity index is 797. The number of nitrogens with zero attached hydrogens (tertiary/aromatic N) is 1. The van der Waals surface area contributed by atoms with E-state index in [1.54, 1.807) is 38.3 Å². The van der Waals surface area contributed by atoms with Gasteiger partial charge in [0, 0.05) is 13.6 Å². The van der Waals surface area contributed by atoms with Gasteiger partial charge in [-0.2, -0.15) is 0 Å². The molecule has 6 nitrogen and oxygen atoms in total. The van der Waals surface area contributed by atoms with Gasteiger partial charge in [-0.05, 0) is 36.8 Å². The van der Waals surface area contributed by atoms with Crippen LogP contribution < -0.4 is 14.8 Å². The normalized spacial score (nSPS) is 11.4. The van der Waals surface area contributed by atoms with Crippen molar-refractivity contribution in [3.63, 3.8) is 0 Å². The van der Waals surface area contributed by atoms with Crippen LogP contribution in [0.15, 0.2) is 48.5 Å². The number of hydrogen-bond donors (Lipinski definition) is 1. The second-order valence-electron chi connectivity index (χ2n) is 5.88. The second-order valence-corrected chi connectivity index (χ2v) is 5.88. The number of benzene rings is 2. The van der Waals surface area contributed by atoms with E-state index in [0.29, 0.717) is 5.75 Å². The third-order valence-electron chi connectivity index (χ3n) is 4.09. The Balaban J connectivity index is 2.16. The van der Waals surface area contributed by atoms with Crippen LogP contribution in [0.25, 0.3) is 0 Å². The molecule has 1 atom stereocenters. The van der Waals surface area contributed by atoms with Crippen molar-refractivity contribution in [1.82, 2.24) is 10.2 Å². The lowest BCUT2D eigenvalue weighted by molar-refractivity contribution is -0.142. The van der Waals surface area contributed by atoms with Gasteiger partial charge in [-0.1, -0.05) is 24.3 Å². The largest absolute Gasteiger partial charge is 0.497 e. The lowest BCUT2D eigenvalue weighted by Gasteiger charge is -2.28. The van der Waals surface area contributed by atoms with Gasteiger partial charge in [-0.25, -0.2) is 4.39 Å². The van der Waals surface area contributed by atoms with Gasteiger partial charge in [-0.15, -0.1) is 0 Å². The Labute approximate surface area is 157 Å². The molecule has 0 bridgehead atoms. The molecule has 144 valence electrons. The van der Waals surface area contributed by atoms with Gasteiger partial charge in [0.2, 0.25) is 5.91 Å². The van der Waals surface area contributed by atoms with Crippen LogP contribution in [-0.4, -0.2) is 43.5 Å². The SMILES string of the molecule is CNC(=O)[C@@H](C)N(Cc1cccc(OC)c1)C(=O)COc1ccccc1F. The number of hydrogen-bond acceptors (Lipinski definition) is 4. The molecule has 0 fully saturated rings. The van der Waals surface area contributed by atoms with E-state index >= 15 is 0 Å². The van der Waals surface area contributed by atoms with Crippen LogP contribution in [0.2, 0.25) is 0 Å². The number of para-hydroxylation sites is 1. The Morgan fingerprint density at radius 1 is 1.19 bits per heavy atom. The highest BCUT2D eigenvalue weighted by molar-refractivity contribution is 5.87. The number of amides is 2. The number of likely N-dealkylation sites (N-methyl/N-ethyl adjacent to an activating group) is 1. The van der Waals surface area contributed by atoms with Crippen LogP contribution >= 0.6 is 0 Å². The molecular weight excluding hydrogens is 351 g/mol. The first-order chi connectivity index (χ1) is 13.0. The van der Waals surface area contributed by atoms with Crippen molar-refractivity contribution in [2.75, 3.05) is 20.8 Å². The summed E-state index contributed by atoms with van der Waals surface area (Å²) in [5.74, 6) is -0.659. The number of carbonyl (C=O) groups is 2. The fourth-order valence-electron chi connectivity index (χ4n) is 2.54. The predicted octanol–water partition coefficient (Wildman–Crippen LogP) is 2.38. The molecule has 7 heteroatoms. The summed E-state index contributed by atoms with van der Waals surface area (Å²) in [5.41, 5.74) is 0.796. The van der Waals surface area contributed by atoms with Gasteiger partial charge in [0.25, 0.3) is 5.91 Å². The summed E-state index contributed by atoms with van der Waals surface area (Å²) in [6.07, 6.45) is 0. The highest BCUT2D eigenvalue weighted by Gasteiger charge is 2.26. The molecule has 0 aliphatic carbocycles. The summed E-state index contributed by atoms with van der Waals surface area (Å²) in [7, 11) is 3.06. The highest BCUT2D eigenvalue weighted by Crippen LogP contribution is 2.18. The number of ether oxygens (including phenoxy) is 2. The molecule has 2 rings (SSSR count). The zero-order valence-electron chi connectivity index (χ0n) is 15.6. The molecule has 2 aromatic rings. The van der Waals surface area contributed by atoms with Gasteiger partial charge in [0.1, 0.15) is 11.8 Å². The first-order valence-corrected chi connectivity index (χ1v) is 8.47. The standard InChI is InChI=1S/C20H23FN2O4/c1-14(20(25)22-2)23(12-15-7-6-8-16(11-15)26-3)19(24)13-27-18-10-5-4-9-17(18)21/h4-11,14H,12-13H2,1-3H3,(H,22,25)/t14-/m1/s1. The van der Waals surface area contributed by atoms with Gasteiger partial charge in [-0.3, -0.25) is 9.59 Å². The van der Waals surface area contributed by atoms with Crippen molar-refractivity contribution in [2.45, 2.75) is 19.5 Å². The topological polar surface area (TPSA) is 67.9 Å². The molecule has 2 amide bonds. The van der Waals surface area contributed by atoms with Crippen LogP contribution in [0.5, 0.6) is 11.5 Å². The molecule has 27 heavy (non-hydrogen) atoms. The molecule has 0 spiro atoms. The number of halogens is 1. The lowest BCUT2D eigenvalue weighted by atomic mass is 10.1. The molecule has 0 unspecified atom stereocenters. The van der Waals surface area contributed by atoms with Crippen LogP contribution in [0, 0.1) is 5.82 Å². The minimum Gasteiger partial charge on any atom is -0.497 e. The molecule has 0 heterocycles. The number of carbonyl (C=O) groups excluding carboxylic acids is 2. The zero-order chi connectivity index (χ0) is 19.8. The average Bonchev–Trinajstić information content (AvgIpc) is 2.70. The highest BCUT2D eigenvalue weighted by atomic mass is 19.1. The lowest BCUT2D eigenvalue weighted by Crippen LogP contribution is -2.48. The van der Waals surface area contributed by atoms with E-state index in [0.717, 1.165) is 5.56 Å². The minimum atomic E-state index is -0.724. The molecule has 0 aliphatic heterocycles. The Morgan fingerprint density at radius 3 is 2.59 bits per heavy atom. The molecule has 0 radical (unpaired) electrons. The fraction of sp³-hybridized carbons (Fsp3) is 0.300. The maximum atomic E-state index is 13.7. The van der Waals surface area contributed by atoms with E-state index in [1.807, 2.05) is 6.07 Å². The molecule has 0 saturated carbocycles. The van der Waals surface area contributed by atoms with Crippen LogP contribution in [0.3, 0.4) is 0 Å².